The van der Waals surface area contributed by atoms with Crippen molar-refractivity contribution in [2.24, 2.45) is 11.7 Å². The fourth-order valence-corrected chi connectivity index (χ4v) is 2.70. The molecule has 0 bridgehead atoms. The number of likely N-dealkylation sites (tertiary alicyclic amines) is 1. The van der Waals surface area contributed by atoms with Crippen molar-refractivity contribution >= 4 is 11.8 Å². The summed E-state index contributed by atoms with van der Waals surface area (Å²) < 4.78 is 4.79. The first-order valence-corrected chi connectivity index (χ1v) is 7.41. The normalized spacial score (nSPS) is 21.6. The molecule has 1 aliphatic carbocycles. The maximum absolute atomic E-state index is 12.1. The Hall–Kier alpha value is -1.14. The number of ether oxygens (including phenoxy) is 1. The Kier molecular flexibility index (Phi) is 5.37. The zero-order valence-corrected chi connectivity index (χ0v) is 12.1. The third kappa shape index (κ3) is 4.45. The van der Waals surface area contributed by atoms with Crippen LogP contribution in [0.1, 0.15) is 32.1 Å². The molecule has 0 aromatic rings. The molecular weight excluding hydrogens is 258 g/mol. The Morgan fingerprint density at radius 2 is 1.95 bits per heavy atom. The molecule has 2 aliphatic rings. The lowest BCUT2D eigenvalue weighted by atomic mass is 10.0. The number of nitrogens with two attached hydrogens (primary N) is 1. The summed E-state index contributed by atoms with van der Waals surface area (Å²) in [5.74, 6) is 0.629. The Morgan fingerprint density at radius 1 is 1.30 bits per heavy atom. The van der Waals surface area contributed by atoms with Gasteiger partial charge in [0.25, 0.3) is 0 Å². The first-order valence-electron chi connectivity index (χ1n) is 7.41. The van der Waals surface area contributed by atoms with Gasteiger partial charge in [-0.25, -0.2) is 0 Å². The Bertz CT molecular complexity index is 350. The van der Waals surface area contributed by atoms with Gasteiger partial charge in [0.1, 0.15) is 6.61 Å². The molecule has 1 atom stereocenters. The molecule has 114 valence electrons. The van der Waals surface area contributed by atoms with Crippen molar-refractivity contribution in [3.8, 4) is 0 Å². The molecule has 2 rings (SSSR count). The highest BCUT2D eigenvalue weighted by Crippen LogP contribution is 2.33. The van der Waals surface area contributed by atoms with E-state index in [4.69, 9.17) is 10.5 Å². The zero-order valence-electron chi connectivity index (χ0n) is 12.1. The quantitative estimate of drug-likeness (QED) is 0.711. The van der Waals surface area contributed by atoms with Crippen LogP contribution in [-0.2, 0) is 14.3 Å². The molecule has 3 N–H and O–H groups in total. The van der Waals surface area contributed by atoms with E-state index in [9.17, 15) is 9.59 Å². The third-order valence-corrected chi connectivity index (χ3v) is 4.13. The number of carbonyl (C=O) groups is 2. The molecule has 0 spiro atoms. The molecule has 2 fully saturated rings. The Balaban J connectivity index is 1.67. The van der Waals surface area contributed by atoms with Gasteiger partial charge in [0.05, 0.1) is 0 Å². The van der Waals surface area contributed by atoms with Gasteiger partial charge in [-0.2, -0.15) is 0 Å². The molecule has 6 heteroatoms. The van der Waals surface area contributed by atoms with Gasteiger partial charge in [0, 0.05) is 38.7 Å². The number of hydrogen-bond acceptors (Lipinski definition) is 4. The molecule has 2 amide bonds. The summed E-state index contributed by atoms with van der Waals surface area (Å²) in [6.45, 7) is 1.50. The van der Waals surface area contributed by atoms with E-state index in [-0.39, 0.29) is 30.5 Å². The number of rotatable bonds is 6. The Morgan fingerprint density at radius 3 is 2.50 bits per heavy atom. The number of nitrogens with zero attached hydrogens (tertiary/aromatic N) is 1. The lowest BCUT2D eigenvalue weighted by molar-refractivity contribution is -0.133. The fourth-order valence-electron chi connectivity index (χ4n) is 2.70. The highest BCUT2D eigenvalue weighted by atomic mass is 16.5. The van der Waals surface area contributed by atoms with Crippen LogP contribution in [0.15, 0.2) is 0 Å². The molecule has 1 unspecified atom stereocenters. The van der Waals surface area contributed by atoms with Gasteiger partial charge >= 0.3 is 0 Å². The molecule has 1 saturated heterocycles. The minimum atomic E-state index is -0.0898. The molecule has 1 heterocycles. The average molecular weight is 283 g/mol. The van der Waals surface area contributed by atoms with Gasteiger partial charge in [-0.05, 0) is 31.6 Å². The van der Waals surface area contributed by atoms with Crippen molar-refractivity contribution in [1.82, 2.24) is 10.2 Å². The van der Waals surface area contributed by atoms with Crippen molar-refractivity contribution in [3.63, 3.8) is 0 Å². The van der Waals surface area contributed by atoms with Crippen LogP contribution in [0.3, 0.4) is 0 Å². The number of carbonyl (C=O) groups excluding carboxylic acids is 2. The highest BCUT2D eigenvalue weighted by molar-refractivity contribution is 5.78. The minimum Gasteiger partial charge on any atom is -0.375 e. The van der Waals surface area contributed by atoms with Crippen LogP contribution in [0.5, 0.6) is 0 Å². The van der Waals surface area contributed by atoms with E-state index in [1.807, 2.05) is 4.90 Å². The summed E-state index contributed by atoms with van der Waals surface area (Å²) in [6, 6.07) is 0.181. The number of methoxy groups -OCH3 is 1. The van der Waals surface area contributed by atoms with Crippen molar-refractivity contribution in [1.29, 1.82) is 0 Å². The van der Waals surface area contributed by atoms with Gasteiger partial charge < -0.3 is 20.7 Å². The molecule has 0 radical (unpaired) electrons. The number of nitrogens with one attached hydrogen (secondary N) is 1. The van der Waals surface area contributed by atoms with E-state index < -0.39 is 0 Å². The summed E-state index contributed by atoms with van der Waals surface area (Å²) >= 11 is 0. The summed E-state index contributed by atoms with van der Waals surface area (Å²) in [5.41, 5.74) is 5.99. The van der Waals surface area contributed by atoms with Gasteiger partial charge in [-0.15, -0.1) is 0 Å². The van der Waals surface area contributed by atoms with Crippen molar-refractivity contribution in [2.75, 3.05) is 26.8 Å². The fraction of sp³-hybridized carbons (Fsp3) is 0.857. The van der Waals surface area contributed by atoms with Gasteiger partial charge in [-0.3, -0.25) is 9.59 Å². The van der Waals surface area contributed by atoms with Crippen LogP contribution >= 0.6 is 0 Å². The number of hydrogen-bond donors (Lipinski definition) is 2. The topological polar surface area (TPSA) is 84.7 Å². The van der Waals surface area contributed by atoms with E-state index >= 15 is 0 Å². The van der Waals surface area contributed by atoms with Crippen LogP contribution in [0, 0.1) is 5.92 Å². The van der Waals surface area contributed by atoms with E-state index in [0.717, 1.165) is 12.8 Å². The highest BCUT2D eigenvalue weighted by Gasteiger charge is 2.32. The van der Waals surface area contributed by atoms with Crippen LogP contribution in [0.4, 0.5) is 0 Å². The molecule has 1 saturated carbocycles. The van der Waals surface area contributed by atoms with E-state index in [1.54, 1.807) is 0 Å². The lowest BCUT2D eigenvalue weighted by Crippen LogP contribution is -2.48. The maximum atomic E-state index is 12.1. The molecule has 1 aliphatic heterocycles. The maximum Gasteiger partial charge on any atom is 0.246 e. The van der Waals surface area contributed by atoms with Crippen LogP contribution in [0.2, 0.25) is 0 Å². The standard InChI is InChI=1S/C14H25N3O3/c1-20-9-13(18)16-11-4-6-17(7-5-11)14(19)8-12(15)10-2-3-10/h10-12H,2-9,15H2,1H3,(H,16,18). The van der Waals surface area contributed by atoms with E-state index in [2.05, 4.69) is 5.32 Å². The monoisotopic (exact) mass is 283 g/mol. The van der Waals surface area contributed by atoms with Crippen LogP contribution in [-0.4, -0.2) is 55.6 Å². The second kappa shape index (κ2) is 7.04. The van der Waals surface area contributed by atoms with Crippen molar-refractivity contribution in [3.05, 3.63) is 0 Å². The second-order valence-corrected chi connectivity index (χ2v) is 5.86. The molecule has 6 nitrogen and oxygen atoms in total. The zero-order chi connectivity index (χ0) is 14.5. The smallest absolute Gasteiger partial charge is 0.246 e. The first-order chi connectivity index (χ1) is 9.60. The summed E-state index contributed by atoms with van der Waals surface area (Å²) in [4.78, 5) is 25.4. The number of amides is 2. The summed E-state index contributed by atoms with van der Waals surface area (Å²) in [5, 5.41) is 2.92. The van der Waals surface area contributed by atoms with Crippen molar-refractivity contribution < 1.29 is 14.3 Å². The first kappa shape index (κ1) is 15.3. The molecular formula is C14H25N3O3. The van der Waals surface area contributed by atoms with E-state index in [0.29, 0.717) is 25.4 Å². The predicted molar refractivity (Wildman–Crippen MR) is 74.9 cm³/mol. The number of piperidine rings is 1. The second-order valence-electron chi connectivity index (χ2n) is 5.86. The SMILES string of the molecule is COCC(=O)NC1CCN(C(=O)CC(N)C2CC2)CC1. The molecule has 20 heavy (non-hydrogen) atoms. The predicted octanol–water partition coefficient (Wildman–Crippen LogP) is -0.133. The minimum absolute atomic E-state index is 0.0293. The lowest BCUT2D eigenvalue weighted by Gasteiger charge is -2.33. The van der Waals surface area contributed by atoms with Gasteiger partial charge in [0.15, 0.2) is 0 Å². The largest absolute Gasteiger partial charge is 0.375 e. The van der Waals surface area contributed by atoms with Crippen LogP contribution < -0.4 is 11.1 Å². The third-order valence-electron chi connectivity index (χ3n) is 4.13. The molecule has 0 aromatic heterocycles. The van der Waals surface area contributed by atoms with Crippen molar-refractivity contribution in [2.45, 2.75) is 44.2 Å². The van der Waals surface area contributed by atoms with Gasteiger partial charge in [-0.1, -0.05) is 0 Å². The average Bonchev–Trinajstić information content (AvgIpc) is 3.24. The Labute approximate surface area is 120 Å². The van der Waals surface area contributed by atoms with E-state index in [1.165, 1.54) is 20.0 Å². The van der Waals surface area contributed by atoms with Crippen LogP contribution in [0.25, 0.3) is 0 Å². The summed E-state index contributed by atoms with van der Waals surface area (Å²) in [6.07, 6.45) is 4.41. The van der Waals surface area contributed by atoms with Gasteiger partial charge in [0.2, 0.25) is 11.8 Å². The molecule has 0 aromatic carbocycles. The summed E-state index contributed by atoms with van der Waals surface area (Å²) in [7, 11) is 1.50.